The largest absolute Gasteiger partial charge is 0.492 e. The van der Waals surface area contributed by atoms with Gasteiger partial charge in [-0.25, -0.2) is 0 Å². The molecule has 0 aliphatic carbocycles. The minimum absolute atomic E-state index is 0.0255. The van der Waals surface area contributed by atoms with Crippen molar-refractivity contribution < 1.29 is 19.4 Å². The van der Waals surface area contributed by atoms with Crippen LogP contribution in [0.3, 0.4) is 0 Å². The van der Waals surface area contributed by atoms with E-state index in [-0.39, 0.29) is 6.54 Å². The summed E-state index contributed by atoms with van der Waals surface area (Å²) in [6, 6.07) is 7.10. The van der Waals surface area contributed by atoms with E-state index in [2.05, 4.69) is 0 Å². The van der Waals surface area contributed by atoms with Gasteiger partial charge in [-0.2, -0.15) is 0 Å². The Bertz CT molecular complexity index is 400. The van der Waals surface area contributed by atoms with Crippen LogP contribution in [0.25, 0.3) is 0 Å². The van der Waals surface area contributed by atoms with E-state index in [1.807, 2.05) is 6.07 Å². The normalized spacial score (nSPS) is 10.7. The van der Waals surface area contributed by atoms with Crippen LogP contribution in [0.4, 0.5) is 0 Å². The van der Waals surface area contributed by atoms with E-state index in [0.29, 0.717) is 37.1 Å². The van der Waals surface area contributed by atoms with Crippen LogP contribution in [0.15, 0.2) is 24.3 Å². The van der Waals surface area contributed by atoms with Gasteiger partial charge in [-0.15, -0.1) is 0 Å². The third-order valence-corrected chi connectivity index (χ3v) is 2.68. The minimum atomic E-state index is -0.862. The van der Waals surface area contributed by atoms with Crippen LogP contribution < -0.4 is 4.74 Å². The van der Waals surface area contributed by atoms with Crippen molar-refractivity contribution in [3.8, 4) is 5.75 Å². The molecule has 0 amide bonds. The number of halogens is 1. The summed E-state index contributed by atoms with van der Waals surface area (Å²) in [5, 5.41) is 9.41. The molecule has 106 valence electrons. The minimum Gasteiger partial charge on any atom is -0.492 e. The van der Waals surface area contributed by atoms with Crippen molar-refractivity contribution in [2.75, 3.05) is 40.0 Å². The molecule has 0 unspecified atom stereocenters. The number of benzene rings is 1. The Morgan fingerprint density at radius 3 is 2.74 bits per heavy atom. The highest BCUT2D eigenvalue weighted by molar-refractivity contribution is 6.30. The van der Waals surface area contributed by atoms with Gasteiger partial charge >= 0.3 is 5.97 Å². The summed E-state index contributed by atoms with van der Waals surface area (Å²) in [5.74, 6) is -0.187. The summed E-state index contributed by atoms with van der Waals surface area (Å²) >= 11 is 5.84. The first-order chi connectivity index (χ1) is 9.11. The topological polar surface area (TPSA) is 59.0 Å². The van der Waals surface area contributed by atoms with Gasteiger partial charge in [0.25, 0.3) is 0 Å². The lowest BCUT2D eigenvalue weighted by atomic mass is 10.3. The number of methoxy groups -OCH3 is 1. The van der Waals surface area contributed by atoms with Crippen LogP contribution in [0.5, 0.6) is 5.75 Å². The molecule has 0 spiro atoms. The van der Waals surface area contributed by atoms with Gasteiger partial charge in [0.05, 0.1) is 13.2 Å². The number of aliphatic carboxylic acids is 1. The summed E-state index contributed by atoms with van der Waals surface area (Å²) in [6.07, 6.45) is 0. The van der Waals surface area contributed by atoms with Gasteiger partial charge in [0, 0.05) is 25.2 Å². The van der Waals surface area contributed by atoms with E-state index in [1.165, 1.54) is 0 Å². The van der Waals surface area contributed by atoms with Crippen LogP contribution in [-0.4, -0.2) is 55.9 Å². The molecule has 1 rings (SSSR count). The van der Waals surface area contributed by atoms with E-state index in [1.54, 1.807) is 30.2 Å². The summed E-state index contributed by atoms with van der Waals surface area (Å²) in [7, 11) is 1.58. The average Bonchev–Trinajstić information content (AvgIpc) is 2.35. The van der Waals surface area contributed by atoms with Gasteiger partial charge in [0.2, 0.25) is 0 Å². The van der Waals surface area contributed by atoms with Crippen LogP contribution in [-0.2, 0) is 9.53 Å². The second-order valence-corrected chi connectivity index (χ2v) is 4.40. The van der Waals surface area contributed by atoms with Crippen molar-refractivity contribution in [2.45, 2.75) is 0 Å². The first-order valence-corrected chi connectivity index (χ1v) is 6.31. The van der Waals surface area contributed by atoms with Gasteiger partial charge in [-0.3, -0.25) is 9.69 Å². The number of carboxylic acid groups (broad SMARTS) is 1. The first kappa shape index (κ1) is 15.8. The van der Waals surface area contributed by atoms with Gasteiger partial charge < -0.3 is 14.6 Å². The molecule has 19 heavy (non-hydrogen) atoms. The molecule has 0 fully saturated rings. The van der Waals surface area contributed by atoms with E-state index in [0.717, 1.165) is 0 Å². The standard InChI is InChI=1S/C13H18ClNO4/c1-18-7-5-15(10-13(16)17)6-8-19-12-4-2-3-11(14)9-12/h2-4,9H,5-8,10H2,1H3,(H,16,17). The lowest BCUT2D eigenvalue weighted by Gasteiger charge is -2.19. The van der Waals surface area contributed by atoms with Gasteiger partial charge in [0.1, 0.15) is 12.4 Å². The molecule has 0 atom stereocenters. The maximum Gasteiger partial charge on any atom is 0.317 e. The third kappa shape index (κ3) is 7.00. The third-order valence-electron chi connectivity index (χ3n) is 2.44. The number of hydrogen-bond acceptors (Lipinski definition) is 4. The van der Waals surface area contributed by atoms with Crippen molar-refractivity contribution in [3.63, 3.8) is 0 Å². The lowest BCUT2D eigenvalue weighted by molar-refractivity contribution is -0.138. The molecule has 1 aromatic carbocycles. The molecule has 0 aliphatic rings. The quantitative estimate of drug-likeness (QED) is 0.750. The molecule has 0 aromatic heterocycles. The fourth-order valence-electron chi connectivity index (χ4n) is 1.53. The number of rotatable bonds is 9. The highest BCUT2D eigenvalue weighted by atomic mass is 35.5. The molecule has 0 radical (unpaired) electrons. The smallest absolute Gasteiger partial charge is 0.317 e. The van der Waals surface area contributed by atoms with Crippen molar-refractivity contribution in [2.24, 2.45) is 0 Å². The summed E-state index contributed by atoms with van der Waals surface area (Å²) in [5.41, 5.74) is 0. The second kappa shape index (κ2) is 8.74. The first-order valence-electron chi connectivity index (χ1n) is 5.93. The fraction of sp³-hybridized carbons (Fsp3) is 0.462. The summed E-state index contributed by atoms with van der Waals surface area (Å²) < 4.78 is 10.5. The van der Waals surface area contributed by atoms with E-state index >= 15 is 0 Å². The van der Waals surface area contributed by atoms with Gasteiger partial charge in [-0.05, 0) is 18.2 Å². The molecule has 0 bridgehead atoms. The Balaban J connectivity index is 2.36. The fourth-order valence-corrected chi connectivity index (χ4v) is 1.71. The van der Waals surface area contributed by atoms with Gasteiger partial charge in [0.15, 0.2) is 0 Å². The Morgan fingerprint density at radius 1 is 1.37 bits per heavy atom. The second-order valence-electron chi connectivity index (χ2n) is 3.97. The van der Waals surface area contributed by atoms with Crippen molar-refractivity contribution in [1.82, 2.24) is 4.90 Å². The maximum atomic E-state index is 10.7. The molecule has 5 nitrogen and oxygen atoms in total. The average molecular weight is 288 g/mol. The maximum absolute atomic E-state index is 10.7. The SMILES string of the molecule is COCCN(CCOc1cccc(Cl)c1)CC(=O)O. The molecule has 6 heteroatoms. The number of hydrogen-bond donors (Lipinski definition) is 1. The molecule has 0 aliphatic heterocycles. The van der Waals surface area contributed by atoms with E-state index < -0.39 is 5.97 Å². The Labute approximate surface area is 117 Å². The van der Waals surface area contributed by atoms with Crippen LogP contribution in [0.2, 0.25) is 5.02 Å². The monoisotopic (exact) mass is 287 g/mol. The predicted molar refractivity (Wildman–Crippen MR) is 72.9 cm³/mol. The molecule has 1 N–H and O–H groups in total. The molecule has 0 saturated heterocycles. The number of carboxylic acids is 1. The van der Waals surface area contributed by atoms with Gasteiger partial charge in [-0.1, -0.05) is 17.7 Å². The Kier molecular flexibility index (Phi) is 7.25. The predicted octanol–water partition coefficient (Wildman–Crippen LogP) is 1.75. The van der Waals surface area contributed by atoms with Crippen LogP contribution in [0.1, 0.15) is 0 Å². The van der Waals surface area contributed by atoms with Crippen molar-refractivity contribution in [1.29, 1.82) is 0 Å². The zero-order valence-corrected chi connectivity index (χ0v) is 11.6. The molecule has 0 heterocycles. The van der Waals surface area contributed by atoms with E-state index in [9.17, 15) is 4.79 Å². The van der Waals surface area contributed by atoms with Crippen molar-refractivity contribution in [3.05, 3.63) is 29.3 Å². The number of nitrogens with zero attached hydrogens (tertiary/aromatic N) is 1. The highest BCUT2D eigenvalue weighted by Crippen LogP contribution is 2.16. The number of ether oxygens (including phenoxy) is 2. The molecule has 1 aromatic rings. The zero-order valence-electron chi connectivity index (χ0n) is 10.8. The zero-order chi connectivity index (χ0) is 14.1. The highest BCUT2D eigenvalue weighted by Gasteiger charge is 2.09. The van der Waals surface area contributed by atoms with E-state index in [4.69, 9.17) is 26.2 Å². The molecular formula is C13H18ClNO4. The molecule has 0 saturated carbocycles. The summed E-state index contributed by atoms with van der Waals surface area (Å²) in [4.78, 5) is 12.5. The Morgan fingerprint density at radius 2 is 2.11 bits per heavy atom. The molecular weight excluding hydrogens is 270 g/mol. The summed E-state index contributed by atoms with van der Waals surface area (Å²) in [6.45, 7) is 1.94. The van der Waals surface area contributed by atoms with Crippen molar-refractivity contribution >= 4 is 17.6 Å². The Hall–Kier alpha value is -1.30. The number of carbonyl (C=O) groups is 1. The van der Waals surface area contributed by atoms with Crippen LogP contribution >= 0.6 is 11.6 Å². The van der Waals surface area contributed by atoms with Crippen LogP contribution in [0, 0.1) is 0 Å². The lowest BCUT2D eigenvalue weighted by Crippen LogP contribution is -2.35.